The number of nitrogens with zero attached hydrogens (tertiary/aromatic N) is 3. The minimum absolute atomic E-state index is 0.00220. The molecule has 2 heterocycles. The maximum Gasteiger partial charge on any atom is 0.246 e. The van der Waals surface area contributed by atoms with Crippen LogP contribution >= 0.6 is 11.3 Å². The summed E-state index contributed by atoms with van der Waals surface area (Å²) in [6.07, 6.45) is 10.3. The molecule has 1 saturated carbocycles. The van der Waals surface area contributed by atoms with Crippen molar-refractivity contribution in [3.63, 3.8) is 0 Å². The van der Waals surface area contributed by atoms with Crippen molar-refractivity contribution < 1.29 is 9.59 Å². The van der Waals surface area contributed by atoms with Gasteiger partial charge in [-0.2, -0.15) is 0 Å². The predicted molar refractivity (Wildman–Crippen MR) is 95.5 cm³/mol. The van der Waals surface area contributed by atoms with E-state index in [4.69, 9.17) is 0 Å². The van der Waals surface area contributed by atoms with Crippen molar-refractivity contribution in [2.75, 3.05) is 26.2 Å². The molecule has 1 aromatic rings. The Bertz CT molecular complexity index is 571. The van der Waals surface area contributed by atoms with Crippen molar-refractivity contribution in [1.29, 1.82) is 0 Å². The van der Waals surface area contributed by atoms with E-state index in [1.165, 1.54) is 43.4 Å². The fraction of sp³-hybridized carbons (Fsp3) is 0.611. The van der Waals surface area contributed by atoms with E-state index in [1.807, 2.05) is 15.2 Å². The van der Waals surface area contributed by atoms with Crippen molar-refractivity contribution >= 4 is 29.2 Å². The number of piperazine rings is 1. The summed E-state index contributed by atoms with van der Waals surface area (Å²) in [6.45, 7) is 2.55. The lowest BCUT2D eigenvalue weighted by Crippen LogP contribution is -2.50. The molecule has 130 valence electrons. The summed E-state index contributed by atoms with van der Waals surface area (Å²) in [7, 11) is 0. The Morgan fingerprint density at radius 3 is 2.50 bits per heavy atom. The fourth-order valence-corrected chi connectivity index (χ4v) is 4.03. The second-order valence-corrected chi connectivity index (χ2v) is 7.38. The van der Waals surface area contributed by atoms with Crippen LogP contribution in [0.25, 0.3) is 6.08 Å². The van der Waals surface area contributed by atoms with Crippen molar-refractivity contribution in [3.8, 4) is 0 Å². The van der Waals surface area contributed by atoms with Crippen molar-refractivity contribution in [1.82, 2.24) is 14.8 Å². The zero-order valence-electron chi connectivity index (χ0n) is 14.0. The van der Waals surface area contributed by atoms with E-state index >= 15 is 0 Å². The molecule has 3 rings (SSSR count). The van der Waals surface area contributed by atoms with Crippen LogP contribution in [0.3, 0.4) is 0 Å². The Balaban J connectivity index is 1.43. The number of amides is 2. The van der Waals surface area contributed by atoms with E-state index in [0.29, 0.717) is 38.5 Å². The van der Waals surface area contributed by atoms with Gasteiger partial charge in [0, 0.05) is 44.1 Å². The molecule has 2 amide bonds. The first kappa shape index (κ1) is 17.1. The molecule has 2 fully saturated rings. The van der Waals surface area contributed by atoms with Gasteiger partial charge in [-0.05, 0) is 24.8 Å². The zero-order valence-corrected chi connectivity index (χ0v) is 14.8. The second kappa shape index (κ2) is 8.42. The first-order valence-corrected chi connectivity index (χ1v) is 9.79. The minimum Gasteiger partial charge on any atom is -0.339 e. The molecule has 0 aromatic carbocycles. The predicted octanol–water partition coefficient (Wildman–Crippen LogP) is 2.80. The van der Waals surface area contributed by atoms with Crippen LogP contribution in [0.2, 0.25) is 0 Å². The quantitative estimate of drug-likeness (QED) is 0.787. The smallest absolute Gasteiger partial charge is 0.246 e. The average Bonchev–Trinajstić information content (AvgIpc) is 3.14. The topological polar surface area (TPSA) is 53.5 Å². The highest BCUT2D eigenvalue weighted by Gasteiger charge is 2.25. The SMILES string of the molecule is O=C(/C=C/c1cscn1)N1CCN(C(=O)CC2CCCCC2)CC1. The third-order valence-corrected chi connectivity index (χ3v) is 5.58. The maximum absolute atomic E-state index is 12.4. The van der Waals surface area contributed by atoms with Crippen LogP contribution < -0.4 is 0 Å². The van der Waals surface area contributed by atoms with Gasteiger partial charge in [-0.3, -0.25) is 9.59 Å². The monoisotopic (exact) mass is 347 g/mol. The first-order chi connectivity index (χ1) is 11.7. The molecule has 0 bridgehead atoms. The van der Waals surface area contributed by atoms with E-state index < -0.39 is 0 Å². The third kappa shape index (κ3) is 4.66. The zero-order chi connectivity index (χ0) is 16.8. The van der Waals surface area contributed by atoms with Gasteiger partial charge >= 0.3 is 0 Å². The lowest BCUT2D eigenvalue weighted by molar-refractivity contribution is -0.138. The van der Waals surface area contributed by atoms with Crippen molar-refractivity contribution in [2.24, 2.45) is 5.92 Å². The summed E-state index contributed by atoms with van der Waals surface area (Å²) in [6, 6.07) is 0. The fourth-order valence-electron chi connectivity index (χ4n) is 3.51. The minimum atomic E-state index is 0.00220. The first-order valence-electron chi connectivity index (χ1n) is 8.85. The standard InChI is InChI=1S/C18H25N3O2S/c22-17(7-6-16-13-24-14-19-16)20-8-10-21(11-9-20)18(23)12-15-4-2-1-3-5-15/h6-7,13-15H,1-5,8-12H2/b7-6+. The van der Waals surface area contributed by atoms with Crippen LogP contribution in [0.4, 0.5) is 0 Å². The van der Waals surface area contributed by atoms with E-state index in [-0.39, 0.29) is 11.8 Å². The molecule has 0 unspecified atom stereocenters. The van der Waals surface area contributed by atoms with E-state index in [0.717, 1.165) is 5.69 Å². The second-order valence-electron chi connectivity index (χ2n) is 6.66. The number of aromatic nitrogens is 1. The molecule has 24 heavy (non-hydrogen) atoms. The molecule has 5 nitrogen and oxygen atoms in total. The van der Waals surface area contributed by atoms with Crippen LogP contribution in [0.1, 0.15) is 44.2 Å². The normalized spacial score (nSPS) is 19.8. The van der Waals surface area contributed by atoms with Gasteiger partial charge in [0.1, 0.15) is 0 Å². The Morgan fingerprint density at radius 2 is 1.83 bits per heavy atom. The Kier molecular flexibility index (Phi) is 6.01. The highest BCUT2D eigenvalue weighted by molar-refractivity contribution is 7.07. The number of hydrogen-bond acceptors (Lipinski definition) is 4. The number of carbonyl (C=O) groups excluding carboxylic acids is 2. The molecule has 6 heteroatoms. The summed E-state index contributed by atoms with van der Waals surface area (Å²) in [4.78, 5) is 32.5. The number of thiazole rings is 1. The van der Waals surface area contributed by atoms with E-state index in [2.05, 4.69) is 4.98 Å². The lowest BCUT2D eigenvalue weighted by atomic mass is 9.86. The molecular formula is C18H25N3O2S. The van der Waals surface area contributed by atoms with Gasteiger partial charge in [-0.1, -0.05) is 19.3 Å². The van der Waals surface area contributed by atoms with Crippen LogP contribution in [0, 0.1) is 5.92 Å². The van der Waals surface area contributed by atoms with Gasteiger partial charge in [0.05, 0.1) is 11.2 Å². The highest BCUT2D eigenvalue weighted by atomic mass is 32.1. The van der Waals surface area contributed by atoms with Crippen molar-refractivity contribution in [2.45, 2.75) is 38.5 Å². The van der Waals surface area contributed by atoms with Crippen LogP contribution in [0.15, 0.2) is 17.0 Å². The molecule has 1 saturated heterocycles. The lowest BCUT2D eigenvalue weighted by Gasteiger charge is -2.35. The van der Waals surface area contributed by atoms with Gasteiger partial charge < -0.3 is 9.80 Å². The average molecular weight is 347 g/mol. The molecule has 2 aliphatic rings. The molecule has 1 aliphatic heterocycles. The summed E-state index contributed by atoms with van der Waals surface area (Å²) < 4.78 is 0. The third-order valence-electron chi connectivity index (χ3n) is 4.98. The molecule has 1 aromatic heterocycles. The summed E-state index contributed by atoms with van der Waals surface area (Å²) >= 11 is 1.51. The summed E-state index contributed by atoms with van der Waals surface area (Å²) in [5.74, 6) is 0.848. The van der Waals surface area contributed by atoms with Gasteiger partial charge in [-0.15, -0.1) is 11.3 Å². The maximum atomic E-state index is 12.4. The van der Waals surface area contributed by atoms with Crippen LogP contribution in [0.5, 0.6) is 0 Å². The van der Waals surface area contributed by atoms with Crippen LogP contribution in [-0.4, -0.2) is 52.8 Å². The van der Waals surface area contributed by atoms with Crippen molar-refractivity contribution in [3.05, 3.63) is 22.7 Å². The van der Waals surface area contributed by atoms with Gasteiger partial charge in [0.2, 0.25) is 11.8 Å². The highest BCUT2D eigenvalue weighted by Crippen LogP contribution is 2.27. The summed E-state index contributed by atoms with van der Waals surface area (Å²) in [5, 5.41) is 1.91. The van der Waals surface area contributed by atoms with Gasteiger partial charge in [-0.25, -0.2) is 4.98 Å². The number of hydrogen-bond donors (Lipinski definition) is 0. The Hall–Kier alpha value is -1.69. The largest absolute Gasteiger partial charge is 0.339 e. The number of rotatable bonds is 4. The van der Waals surface area contributed by atoms with Crippen LogP contribution in [-0.2, 0) is 9.59 Å². The van der Waals surface area contributed by atoms with E-state index in [1.54, 1.807) is 17.7 Å². The van der Waals surface area contributed by atoms with E-state index in [9.17, 15) is 9.59 Å². The molecule has 0 atom stereocenters. The molecule has 1 aliphatic carbocycles. The Labute approximate surface area is 147 Å². The molecule has 0 radical (unpaired) electrons. The molecule has 0 spiro atoms. The molecular weight excluding hydrogens is 322 g/mol. The van der Waals surface area contributed by atoms with Gasteiger partial charge in [0.15, 0.2) is 0 Å². The summed E-state index contributed by atoms with van der Waals surface area (Å²) in [5.41, 5.74) is 2.57. The number of carbonyl (C=O) groups is 2. The Morgan fingerprint density at radius 1 is 1.12 bits per heavy atom. The molecule has 0 N–H and O–H groups in total. The van der Waals surface area contributed by atoms with Gasteiger partial charge in [0.25, 0.3) is 0 Å².